The van der Waals surface area contributed by atoms with E-state index in [2.05, 4.69) is 5.32 Å². The number of anilines is 1. The maximum Gasteiger partial charge on any atom is 0.416 e. The first-order valence-corrected chi connectivity index (χ1v) is 6.98. The van der Waals surface area contributed by atoms with Crippen LogP contribution in [0.5, 0.6) is 0 Å². The molecular weight excluding hydrogens is 299 g/mol. The van der Waals surface area contributed by atoms with Crippen molar-refractivity contribution in [2.45, 2.75) is 19.0 Å². The van der Waals surface area contributed by atoms with Gasteiger partial charge in [-0.3, -0.25) is 0 Å². The quantitative estimate of drug-likeness (QED) is 0.728. The lowest BCUT2D eigenvalue weighted by Gasteiger charge is -2.08. The van der Waals surface area contributed by atoms with Gasteiger partial charge in [0.15, 0.2) is 0 Å². The van der Waals surface area contributed by atoms with Crippen LogP contribution < -0.4 is 5.32 Å². The standard InChI is InChI=1S/C16H15ClF3N/c17-14-7-9-15(10-8-14)21-11-1-2-12-3-5-13(6-4-12)16(18,19)20/h3-10,21H,1-2,11H2. The van der Waals surface area contributed by atoms with Crippen LogP contribution in [-0.4, -0.2) is 6.54 Å². The largest absolute Gasteiger partial charge is 0.416 e. The SMILES string of the molecule is FC(F)(F)c1ccc(CCCNc2ccc(Cl)cc2)cc1. The molecule has 0 atom stereocenters. The molecule has 0 radical (unpaired) electrons. The summed E-state index contributed by atoms with van der Waals surface area (Å²) >= 11 is 5.79. The number of aryl methyl sites for hydroxylation is 1. The van der Waals surface area contributed by atoms with Crippen molar-refractivity contribution in [3.05, 3.63) is 64.7 Å². The molecule has 5 heteroatoms. The summed E-state index contributed by atoms with van der Waals surface area (Å²) in [6.45, 7) is 0.753. The van der Waals surface area contributed by atoms with Crippen LogP contribution in [0.1, 0.15) is 17.5 Å². The first kappa shape index (κ1) is 15.7. The topological polar surface area (TPSA) is 12.0 Å². The smallest absolute Gasteiger partial charge is 0.385 e. The number of rotatable bonds is 5. The molecule has 0 spiro atoms. The van der Waals surface area contributed by atoms with E-state index in [0.717, 1.165) is 42.8 Å². The van der Waals surface area contributed by atoms with Crippen LogP contribution in [0, 0.1) is 0 Å². The van der Waals surface area contributed by atoms with Crippen LogP contribution in [0.15, 0.2) is 48.5 Å². The molecule has 1 nitrogen and oxygen atoms in total. The van der Waals surface area contributed by atoms with Crippen LogP contribution in [0.4, 0.5) is 18.9 Å². The van der Waals surface area contributed by atoms with E-state index < -0.39 is 11.7 Å². The van der Waals surface area contributed by atoms with Crippen molar-refractivity contribution in [3.8, 4) is 0 Å². The Bertz CT molecular complexity index is 562. The van der Waals surface area contributed by atoms with Crippen molar-refractivity contribution in [3.63, 3.8) is 0 Å². The Morgan fingerprint density at radius 1 is 0.905 bits per heavy atom. The molecule has 0 amide bonds. The first-order chi connectivity index (χ1) is 9.95. The summed E-state index contributed by atoms with van der Waals surface area (Å²) in [7, 11) is 0. The molecule has 2 rings (SSSR count). The highest BCUT2D eigenvalue weighted by Gasteiger charge is 2.29. The van der Waals surface area contributed by atoms with Crippen molar-refractivity contribution in [2.75, 3.05) is 11.9 Å². The van der Waals surface area contributed by atoms with Gasteiger partial charge in [0, 0.05) is 17.3 Å². The van der Waals surface area contributed by atoms with E-state index in [1.807, 2.05) is 12.1 Å². The summed E-state index contributed by atoms with van der Waals surface area (Å²) in [4.78, 5) is 0. The van der Waals surface area contributed by atoms with Gasteiger partial charge in [0.1, 0.15) is 0 Å². The Morgan fingerprint density at radius 3 is 2.10 bits per heavy atom. The molecule has 0 unspecified atom stereocenters. The van der Waals surface area contributed by atoms with E-state index in [0.29, 0.717) is 5.02 Å². The van der Waals surface area contributed by atoms with Gasteiger partial charge in [-0.05, 0) is 54.8 Å². The summed E-state index contributed by atoms with van der Waals surface area (Å²) < 4.78 is 37.3. The Labute approximate surface area is 126 Å². The van der Waals surface area contributed by atoms with E-state index in [1.54, 1.807) is 12.1 Å². The summed E-state index contributed by atoms with van der Waals surface area (Å²) in [6, 6.07) is 12.7. The van der Waals surface area contributed by atoms with E-state index in [9.17, 15) is 13.2 Å². The minimum Gasteiger partial charge on any atom is -0.385 e. The summed E-state index contributed by atoms with van der Waals surface area (Å²) in [5.74, 6) is 0. The van der Waals surface area contributed by atoms with Crippen molar-refractivity contribution in [1.82, 2.24) is 0 Å². The third kappa shape index (κ3) is 4.97. The molecular formula is C16H15ClF3N. The second-order valence-electron chi connectivity index (χ2n) is 4.73. The van der Waals surface area contributed by atoms with Crippen molar-refractivity contribution in [2.24, 2.45) is 0 Å². The molecule has 0 aliphatic heterocycles. The average molecular weight is 314 g/mol. The van der Waals surface area contributed by atoms with Gasteiger partial charge < -0.3 is 5.32 Å². The number of nitrogens with one attached hydrogen (secondary N) is 1. The first-order valence-electron chi connectivity index (χ1n) is 6.61. The predicted molar refractivity (Wildman–Crippen MR) is 79.7 cm³/mol. The fourth-order valence-electron chi connectivity index (χ4n) is 1.95. The molecule has 0 aliphatic rings. The number of alkyl halides is 3. The summed E-state index contributed by atoms with van der Waals surface area (Å²) in [5, 5.41) is 3.92. The van der Waals surface area contributed by atoms with E-state index in [-0.39, 0.29) is 0 Å². The van der Waals surface area contributed by atoms with Gasteiger partial charge in [0.05, 0.1) is 5.56 Å². The molecule has 21 heavy (non-hydrogen) atoms. The molecule has 0 aromatic heterocycles. The molecule has 0 saturated heterocycles. The van der Waals surface area contributed by atoms with Crippen LogP contribution in [0.3, 0.4) is 0 Å². The van der Waals surface area contributed by atoms with Crippen molar-refractivity contribution >= 4 is 17.3 Å². The Kier molecular flexibility index (Phi) is 5.12. The molecule has 1 N–H and O–H groups in total. The van der Waals surface area contributed by atoms with Crippen molar-refractivity contribution in [1.29, 1.82) is 0 Å². The fourth-order valence-corrected chi connectivity index (χ4v) is 2.08. The van der Waals surface area contributed by atoms with Crippen molar-refractivity contribution < 1.29 is 13.2 Å². The number of benzene rings is 2. The molecule has 0 saturated carbocycles. The average Bonchev–Trinajstić information content (AvgIpc) is 2.45. The second kappa shape index (κ2) is 6.85. The third-order valence-electron chi connectivity index (χ3n) is 3.10. The number of hydrogen-bond donors (Lipinski definition) is 1. The van der Waals surface area contributed by atoms with Gasteiger partial charge in [-0.15, -0.1) is 0 Å². The normalized spacial score (nSPS) is 11.4. The molecule has 0 aliphatic carbocycles. The number of halogens is 4. The number of hydrogen-bond acceptors (Lipinski definition) is 1. The lowest BCUT2D eigenvalue weighted by atomic mass is 10.1. The Hall–Kier alpha value is -1.68. The maximum atomic E-state index is 12.4. The molecule has 0 fully saturated rings. The van der Waals surface area contributed by atoms with E-state index >= 15 is 0 Å². The van der Waals surface area contributed by atoms with E-state index in [4.69, 9.17) is 11.6 Å². The minimum atomic E-state index is -4.27. The third-order valence-corrected chi connectivity index (χ3v) is 3.35. The van der Waals surface area contributed by atoms with Crippen LogP contribution in [-0.2, 0) is 12.6 Å². The fraction of sp³-hybridized carbons (Fsp3) is 0.250. The highest BCUT2D eigenvalue weighted by molar-refractivity contribution is 6.30. The zero-order valence-corrected chi connectivity index (χ0v) is 12.0. The zero-order chi connectivity index (χ0) is 15.3. The Balaban J connectivity index is 1.77. The van der Waals surface area contributed by atoms with Gasteiger partial charge in [-0.25, -0.2) is 0 Å². The minimum absolute atomic E-state index is 0.606. The second-order valence-corrected chi connectivity index (χ2v) is 5.17. The predicted octanol–water partition coefficient (Wildman–Crippen LogP) is 5.40. The van der Waals surface area contributed by atoms with Gasteiger partial charge in [-0.2, -0.15) is 13.2 Å². The summed E-state index contributed by atoms with van der Waals surface area (Å²) in [6.07, 6.45) is -2.69. The van der Waals surface area contributed by atoms with Gasteiger partial charge >= 0.3 is 6.18 Å². The highest BCUT2D eigenvalue weighted by Crippen LogP contribution is 2.29. The zero-order valence-electron chi connectivity index (χ0n) is 11.3. The highest BCUT2D eigenvalue weighted by atomic mass is 35.5. The van der Waals surface area contributed by atoms with Gasteiger partial charge in [-0.1, -0.05) is 23.7 Å². The lowest BCUT2D eigenvalue weighted by Crippen LogP contribution is -2.05. The van der Waals surface area contributed by atoms with Crippen LogP contribution in [0.2, 0.25) is 5.02 Å². The van der Waals surface area contributed by atoms with Crippen LogP contribution in [0.25, 0.3) is 0 Å². The molecule has 112 valence electrons. The van der Waals surface area contributed by atoms with Gasteiger partial charge in [0.2, 0.25) is 0 Å². The lowest BCUT2D eigenvalue weighted by molar-refractivity contribution is -0.137. The molecule has 0 bridgehead atoms. The monoisotopic (exact) mass is 313 g/mol. The Morgan fingerprint density at radius 2 is 1.52 bits per heavy atom. The maximum absolute atomic E-state index is 12.4. The van der Waals surface area contributed by atoms with Crippen LogP contribution >= 0.6 is 11.6 Å². The molecule has 0 heterocycles. The van der Waals surface area contributed by atoms with Gasteiger partial charge in [0.25, 0.3) is 0 Å². The summed E-state index contributed by atoms with van der Waals surface area (Å²) in [5.41, 5.74) is 1.28. The molecule has 2 aromatic carbocycles. The van der Waals surface area contributed by atoms with E-state index in [1.165, 1.54) is 12.1 Å². The molecule has 2 aromatic rings.